The summed E-state index contributed by atoms with van der Waals surface area (Å²) in [7, 11) is 0. The number of hydrogen-bond donors (Lipinski definition) is 0. The maximum Gasteiger partial charge on any atom is 0.131 e. The Kier molecular flexibility index (Phi) is 11.7. The van der Waals surface area contributed by atoms with Gasteiger partial charge in [-0.1, -0.05) is 104 Å². The van der Waals surface area contributed by atoms with Crippen LogP contribution in [-0.2, 0) is 25.7 Å². The van der Waals surface area contributed by atoms with Crippen LogP contribution in [0.4, 0.5) is 4.39 Å². The molecule has 3 aromatic carbocycles. The zero-order chi connectivity index (χ0) is 30.2. The van der Waals surface area contributed by atoms with Crippen LogP contribution in [0.3, 0.4) is 0 Å². The van der Waals surface area contributed by atoms with E-state index in [1.54, 1.807) is 0 Å². The van der Waals surface area contributed by atoms with Gasteiger partial charge in [-0.05, 0) is 119 Å². The van der Waals surface area contributed by atoms with E-state index < -0.39 is 0 Å². The molecule has 42 heavy (non-hydrogen) atoms. The maximum atomic E-state index is 15.6. The summed E-state index contributed by atoms with van der Waals surface area (Å²) in [5.41, 5.74) is 10.8. The molecule has 228 valence electrons. The van der Waals surface area contributed by atoms with Crippen LogP contribution < -0.4 is 4.74 Å². The first-order chi connectivity index (χ1) is 20.4. The Balaban J connectivity index is 1.68. The molecule has 1 aliphatic carbocycles. The summed E-state index contributed by atoms with van der Waals surface area (Å²) in [5, 5.41) is 0. The molecule has 4 rings (SSSR count). The SMILES string of the molecule is CCc1cc(-c2ccc(C3CCC(C)CC3)cc2F)ccc1-c1cc(CC)c(OCCC(CC)CC)c(CC)c1CC. The van der Waals surface area contributed by atoms with E-state index in [4.69, 9.17) is 4.74 Å². The summed E-state index contributed by atoms with van der Waals surface area (Å²) < 4.78 is 22.2. The van der Waals surface area contributed by atoms with Crippen molar-refractivity contribution in [3.05, 3.63) is 76.1 Å². The van der Waals surface area contributed by atoms with Gasteiger partial charge in [0.1, 0.15) is 11.6 Å². The van der Waals surface area contributed by atoms with Gasteiger partial charge in [-0.25, -0.2) is 4.39 Å². The molecular weight excluding hydrogens is 515 g/mol. The molecule has 0 bridgehead atoms. The zero-order valence-corrected chi connectivity index (χ0v) is 27.5. The van der Waals surface area contributed by atoms with Crippen molar-refractivity contribution in [3.63, 3.8) is 0 Å². The molecule has 1 fully saturated rings. The number of benzene rings is 3. The van der Waals surface area contributed by atoms with Gasteiger partial charge in [-0.3, -0.25) is 0 Å². The van der Waals surface area contributed by atoms with E-state index in [0.717, 1.165) is 61.9 Å². The summed E-state index contributed by atoms with van der Waals surface area (Å²) in [5.74, 6) is 3.06. The minimum Gasteiger partial charge on any atom is -0.493 e. The Morgan fingerprint density at radius 3 is 1.98 bits per heavy atom. The molecule has 0 saturated heterocycles. The lowest BCUT2D eigenvalue weighted by atomic mass is 9.79. The average molecular weight is 571 g/mol. The van der Waals surface area contributed by atoms with Crippen molar-refractivity contribution in [3.8, 4) is 28.0 Å². The summed E-state index contributed by atoms with van der Waals surface area (Å²) in [6.45, 7) is 16.7. The third-order valence-corrected chi connectivity index (χ3v) is 10.2. The quantitative estimate of drug-likeness (QED) is 0.199. The van der Waals surface area contributed by atoms with Crippen molar-refractivity contribution in [2.45, 2.75) is 125 Å². The van der Waals surface area contributed by atoms with Gasteiger partial charge in [-0.2, -0.15) is 0 Å². The van der Waals surface area contributed by atoms with Crippen molar-refractivity contribution in [1.82, 2.24) is 0 Å². The van der Waals surface area contributed by atoms with E-state index in [2.05, 4.69) is 78.8 Å². The van der Waals surface area contributed by atoms with Gasteiger partial charge in [0.05, 0.1) is 6.61 Å². The van der Waals surface area contributed by atoms with Crippen LogP contribution in [0.5, 0.6) is 5.75 Å². The molecule has 0 aromatic heterocycles. The van der Waals surface area contributed by atoms with E-state index in [1.165, 1.54) is 77.5 Å². The Labute approximate surface area is 256 Å². The third kappa shape index (κ3) is 7.12. The molecule has 0 heterocycles. The van der Waals surface area contributed by atoms with Crippen LogP contribution >= 0.6 is 0 Å². The Bertz CT molecular complexity index is 1310. The topological polar surface area (TPSA) is 9.23 Å². The molecule has 0 amide bonds. The van der Waals surface area contributed by atoms with Gasteiger partial charge in [0, 0.05) is 5.56 Å². The number of aryl methyl sites for hydroxylation is 2. The first-order valence-electron chi connectivity index (χ1n) is 17.1. The molecule has 0 atom stereocenters. The lowest BCUT2D eigenvalue weighted by Gasteiger charge is -2.26. The molecule has 2 heteroatoms. The summed E-state index contributed by atoms with van der Waals surface area (Å²) in [4.78, 5) is 0. The summed E-state index contributed by atoms with van der Waals surface area (Å²) in [6, 6.07) is 15.0. The standard InChI is InChI=1S/C40H55FO/c1-8-28(9-2)22-23-42-40-30(11-4)25-38(34(12-5)35(40)13-6)36-20-19-33(24-29(36)10-3)37-21-18-32(26-39(37)41)31-16-14-27(7)15-17-31/h18-21,24-28,31H,8-17,22-23H2,1-7H3. The second-order valence-electron chi connectivity index (χ2n) is 12.7. The van der Waals surface area contributed by atoms with Gasteiger partial charge in [0.15, 0.2) is 0 Å². The number of halogens is 1. The monoisotopic (exact) mass is 570 g/mol. The highest BCUT2D eigenvalue weighted by Gasteiger charge is 2.22. The van der Waals surface area contributed by atoms with Gasteiger partial charge in [0.2, 0.25) is 0 Å². The highest BCUT2D eigenvalue weighted by atomic mass is 19.1. The van der Waals surface area contributed by atoms with E-state index in [0.29, 0.717) is 11.5 Å². The highest BCUT2D eigenvalue weighted by molar-refractivity contribution is 5.78. The second kappa shape index (κ2) is 15.2. The second-order valence-corrected chi connectivity index (χ2v) is 12.7. The summed E-state index contributed by atoms with van der Waals surface area (Å²) >= 11 is 0. The van der Waals surface area contributed by atoms with Crippen LogP contribution in [0, 0.1) is 17.7 Å². The van der Waals surface area contributed by atoms with Crippen molar-refractivity contribution in [1.29, 1.82) is 0 Å². The zero-order valence-electron chi connectivity index (χ0n) is 27.5. The van der Waals surface area contributed by atoms with Crippen LogP contribution in [0.15, 0.2) is 42.5 Å². The molecule has 0 spiro atoms. The van der Waals surface area contributed by atoms with Gasteiger partial charge in [0.25, 0.3) is 0 Å². The molecule has 1 saturated carbocycles. The fourth-order valence-electron chi connectivity index (χ4n) is 7.23. The van der Waals surface area contributed by atoms with E-state index in [9.17, 15) is 0 Å². The number of ether oxygens (including phenoxy) is 1. The van der Waals surface area contributed by atoms with E-state index in [1.807, 2.05) is 12.1 Å². The van der Waals surface area contributed by atoms with Crippen LogP contribution in [0.25, 0.3) is 22.3 Å². The number of hydrogen-bond acceptors (Lipinski definition) is 1. The predicted octanol–water partition coefficient (Wildman–Crippen LogP) is 11.9. The fraction of sp³-hybridized carbons (Fsp3) is 0.550. The summed E-state index contributed by atoms with van der Waals surface area (Å²) in [6.07, 6.45) is 12.2. The van der Waals surface area contributed by atoms with E-state index in [-0.39, 0.29) is 5.82 Å². The van der Waals surface area contributed by atoms with Gasteiger partial charge in [-0.15, -0.1) is 0 Å². The van der Waals surface area contributed by atoms with Crippen molar-refractivity contribution in [2.24, 2.45) is 11.8 Å². The molecule has 0 radical (unpaired) electrons. The first kappa shape index (κ1) is 32.3. The predicted molar refractivity (Wildman–Crippen MR) is 179 cm³/mol. The van der Waals surface area contributed by atoms with Crippen molar-refractivity contribution >= 4 is 0 Å². The third-order valence-electron chi connectivity index (χ3n) is 10.2. The molecule has 0 aliphatic heterocycles. The lowest BCUT2D eigenvalue weighted by molar-refractivity contribution is 0.267. The maximum absolute atomic E-state index is 15.6. The Hall–Kier alpha value is -2.61. The van der Waals surface area contributed by atoms with Crippen molar-refractivity contribution < 1.29 is 9.13 Å². The largest absolute Gasteiger partial charge is 0.493 e. The van der Waals surface area contributed by atoms with Crippen LogP contribution in [-0.4, -0.2) is 6.61 Å². The van der Waals surface area contributed by atoms with Crippen LogP contribution in [0.2, 0.25) is 0 Å². The molecular formula is C40H55FO. The van der Waals surface area contributed by atoms with Gasteiger partial charge < -0.3 is 4.74 Å². The van der Waals surface area contributed by atoms with Crippen LogP contribution in [0.1, 0.15) is 127 Å². The van der Waals surface area contributed by atoms with E-state index >= 15 is 4.39 Å². The first-order valence-corrected chi connectivity index (χ1v) is 17.1. The van der Waals surface area contributed by atoms with Crippen molar-refractivity contribution in [2.75, 3.05) is 6.61 Å². The number of rotatable bonds is 13. The highest BCUT2D eigenvalue weighted by Crippen LogP contribution is 2.41. The smallest absolute Gasteiger partial charge is 0.131 e. The minimum absolute atomic E-state index is 0.0911. The molecule has 1 nitrogen and oxygen atoms in total. The minimum atomic E-state index is -0.0911. The Morgan fingerprint density at radius 1 is 0.714 bits per heavy atom. The van der Waals surface area contributed by atoms with Gasteiger partial charge >= 0.3 is 0 Å². The molecule has 0 N–H and O–H groups in total. The Morgan fingerprint density at radius 2 is 1.38 bits per heavy atom. The fourth-order valence-corrected chi connectivity index (χ4v) is 7.23. The normalized spacial score (nSPS) is 17.2. The molecule has 1 aliphatic rings. The molecule has 3 aromatic rings. The lowest BCUT2D eigenvalue weighted by Crippen LogP contribution is -2.11. The average Bonchev–Trinajstić information content (AvgIpc) is 3.02. The molecule has 0 unspecified atom stereocenters.